The van der Waals surface area contributed by atoms with Crippen LogP contribution in [0.15, 0.2) is 82.6 Å². The topological polar surface area (TPSA) is 63.9 Å². The van der Waals surface area contributed by atoms with Gasteiger partial charge in [-0.05, 0) is 59.0 Å². The number of benzene rings is 3. The van der Waals surface area contributed by atoms with Gasteiger partial charge in [0.15, 0.2) is 5.82 Å². The van der Waals surface area contributed by atoms with Crippen molar-refractivity contribution in [1.29, 1.82) is 0 Å². The molecule has 4 aromatic rings. The molecule has 6 nitrogen and oxygen atoms in total. The Bertz CT molecular complexity index is 1180. The second-order valence-corrected chi connectivity index (χ2v) is 8.28. The highest BCUT2D eigenvalue weighted by Crippen LogP contribution is 2.47. The predicted octanol–water partition coefficient (Wildman–Crippen LogP) is 4.86. The molecule has 0 radical (unpaired) electrons. The summed E-state index contributed by atoms with van der Waals surface area (Å²) in [7, 11) is 0. The molecule has 0 saturated carbocycles. The molecule has 30 heavy (non-hydrogen) atoms. The Morgan fingerprint density at radius 2 is 1.53 bits per heavy atom. The summed E-state index contributed by atoms with van der Waals surface area (Å²) in [5.41, 5.74) is 2.77. The highest BCUT2D eigenvalue weighted by atomic mass is 35.5. The third-order valence-corrected chi connectivity index (χ3v) is 6.29. The Morgan fingerprint density at radius 1 is 0.900 bits per heavy atom. The maximum absolute atomic E-state index is 12.8. The van der Waals surface area contributed by atoms with Crippen molar-refractivity contribution in [3.8, 4) is 0 Å². The largest absolute Gasteiger partial charge is 0.339 e. The van der Waals surface area contributed by atoms with Gasteiger partial charge in [0.1, 0.15) is 0 Å². The molecule has 3 aromatic carbocycles. The number of nitrogens with zero attached hydrogens (tertiary/aromatic N) is 5. The molecule has 0 fully saturated rings. The first-order valence-electron chi connectivity index (χ1n) is 9.42. The smallest absolute Gasteiger partial charge is 0.281 e. The van der Waals surface area contributed by atoms with Crippen LogP contribution in [0.1, 0.15) is 16.2 Å². The quantitative estimate of drug-likeness (QED) is 0.428. The molecule has 2 heterocycles. The monoisotopic (exact) mass is 433 g/mol. The van der Waals surface area contributed by atoms with Crippen molar-refractivity contribution >= 4 is 40.6 Å². The third-order valence-electron chi connectivity index (χ3n) is 4.91. The number of aromatic nitrogens is 4. The van der Waals surface area contributed by atoms with Crippen LogP contribution in [0.5, 0.6) is 0 Å². The molecule has 1 aliphatic heterocycles. The fourth-order valence-corrected chi connectivity index (χ4v) is 4.69. The van der Waals surface area contributed by atoms with E-state index in [9.17, 15) is 4.79 Å². The van der Waals surface area contributed by atoms with Gasteiger partial charge in [-0.1, -0.05) is 47.6 Å². The van der Waals surface area contributed by atoms with Crippen molar-refractivity contribution in [3.05, 3.63) is 89.2 Å². The van der Waals surface area contributed by atoms with E-state index < -0.39 is 0 Å². The van der Waals surface area contributed by atoms with E-state index in [2.05, 4.69) is 44.7 Å². The maximum Gasteiger partial charge on any atom is 0.281 e. The lowest BCUT2D eigenvalue weighted by molar-refractivity contribution is 0.0939. The molecule has 8 heteroatoms. The number of carbonyl (C=O) groups is 1. The molecule has 0 N–H and O–H groups in total. The Hall–Kier alpha value is -3.16. The number of hydrogen-bond acceptors (Lipinski definition) is 6. The predicted molar refractivity (Wildman–Crippen MR) is 117 cm³/mol. The fraction of sp³-hybridized carbons (Fsp3) is 0.0909. The van der Waals surface area contributed by atoms with Crippen molar-refractivity contribution in [1.82, 2.24) is 20.2 Å². The second kappa shape index (κ2) is 7.93. The van der Waals surface area contributed by atoms with Crippen LogP contribution in [0, 0.1) is 0 Å². The number of carbonyl (C=O) groups excluding carboxylic acids is 1. The zero-order valence-corrected chi connectivity index (χ0v) is 17.3. The summed E-state index contributed by atoms with van der Waals surface area (Å²) in [6.07, 6.45) is 0.514. The van der Waals surface area contributed by atoms with Gasteiger partial charge in [0.05, 0.1) is 11.4 Å². The van der Waals surface area contributed by atoms with Gasteiger partial charge in [-0.3, -0.25) is 4.79 Å². The minimum absolute atomic E-state index is 0.276. The van der Waals surface area contributed by atoms with Gasteiger partial charge in [-0.25, -0.2) is 0 Å². The first-order valence-corrected chi connectivity index (χ1v) is 10.6. The highest BCUT2D eigenvalue weighted by molar-refractivity contribution is 7.99. The van der Waals surface area contributed by atoms with E-state index in [-0.39, 0.29) is 5.91 Å². The maximum atomic E-state index is 12.8. The van der Waals surface area contributed by atoms with Crippen LogP contribution in [-0.4, -0.2) is 32.7 Å². The first kappa shape index (κ1) is 18.8. The van der Waals surface area contributed by atoms with Gasteiger partial charge >= 0.3 is 0 Å². The van der Waals surface area contributed by atoms with E-state index in [1.165, 1.54) is 14.5 Å². The minimum atomic E-state index is -0.276. The number of fused-ring (bicyclic) bond motifs is 2. The summed E-state index contributed by atoms with van der Waals surface area (Å²) in [5, 5.41) is 12.3. The summed E-state index contributed by atoms with van der Waals surface area (Å²) in [5.74, 6) is 0.241. The average Bonchev–Trinajstić information content (AvgIpc) is 3.25. The number of tetrazole rings is 1. The minimum Gasteiger partial charge on any atom is -0.339 e. The molecular weight excluding hydrogens is 418 g/mol. The Morgan fingerprint density at radius 3 is 2.20 bits per heavy atom. The number of para-hydroxylation sites is 2. The van der Waals surface area contributed by atoms with Crippen LogP contribution in [-0.2, 0) is 6.42 Å². The van der Waals surface area contributed by atoms with Gasteiger partial charge in [0, 0.05) is 33.3 Å². The number of anilines is 2. The number of hydrogen-bond donors (Lipinski definition) is 0. The van der Waals surface area contributed by atoms with E-state index >= 15 is 0 Å². The molecular formula is C22H16ClN5OS. The molecule has 0 bridgehead atoms. The lowest BCUT2D eigenvalue weighted by Gasteiger charge is -2.32. The van der Waals surface area contributed by atoms with Crippen LogP contribution in [0.25, 0.3) is 0 Å². The van der Waals surface area contributed by atoms with E-state index in [0.717, 1.165) is 11.4 Å². The Balaban J connectivity index is 1.42. The first-order chi connectivity index (χ1) is 14.7. The summed E-state index contributed by atoms with van der Waals surface area (Å²) in [6.45, 7) is 0.642. The molecule has 0 amide bonds. The zero-order chi connectivity index (χ0) is 20.5. The fourth-order valence-electron chi connectivity index (χ4n) is 3.47. The van der Waals surface area contributed by atoms with Crippen molar-refractivity contribution in [3.63, 3.8) is 0 Å². The normalized spacial score (nSPS) is 12.4. The van der Waals surface area contributed by atoms with Gasteiger partial charge < -0.3 is 4.90 Å². The van der Waals surface area contributed by atoms with Gasteiger partial charge in [-0.15, -0.1) is 5.10 Å². The standard InChI is InChI=1S/C22H16ClN5OS/c23-16-11-9-15(10-12-16)22(29)28-21(24-25-26-28)13-14-27-17-5-1-3-7-19(17)30-20-8-4-2-6-18(20)27/h1-12H,13-14H2. The molecule has 1 aliphatic rings. The van der Waals surface area contributed by atoms with Gasteiger partial charge in [0.2, 0.25) is 0 Å². The highest BCUT2D eigenvalue weighted by Gasteiger charge is 2.24. The second-order valence-electron chi connectivity index (χ2n) is 6.76. The Kier molecular flexibility index (Phi) is 4.98. The van der Waals surface area contributed by atoms with Crippen LogP contribution in [0.2, 0.25) is 5.02 Å². The SMILES string of the molecule is O=C(c1ccc(Cl)cc1)n1nnnc1CCN1c2ccccc2Sc2ccccc21. The van der Waals surface area contributed by atoms with Crippen LogP contribution < -0.4 is 4.90 Å². The van der Waals surface area contributed by atoms with Crippen molar-refractivity contribution in [2.45, 2.75) is 16.2 Å². The van der Waals surface area contributed by atoms with Crippen LogP contribution in [0.3, 0.4) is 0 Å². The third kappa shape index (κ3) is 3.46. The van der Waals surface area contributed by atoms with Crippen LogP contribution >= 0.6 is 23.4 Å². The molecule has 0 aliphatic carbocycles. The van der Waals surface area contributed by atoms with E-state index in [4.69, 9.17) is 11.6 Å². The van der Waals surface area contributed by atoms with Crippen molar-refractivity contribution < 1.29 is 4.79 Å². The van der Waals surface area contributed by atoms with Crippen molar-refractivity contribution in [2.24, 2.45) is 0 Å². The summed E-state index contributed by atoms with van der Waals surface area (Å²) >= 11 is 7.69. The van der Waals surface area contributed by atoms with Crippen LogP contribution in [0.4, 0.5) is 11.4 Å². The molecule has 0 saturated heterocycles. The summed E-state index contributed by atoms with van der Waals surface area (Å²) in [6, 6.07) is 23.3. The van der Waals surface area contributed by atoms with E-state index in [0.29, 0.717) is 29.4 Å². The molecule has 1 aromatic heterocycles. The summed E-state index contributed by atoms with van der Waals surface area (Å²) in [4.78, 5) is 17.5. The lowest BCUT2D eigenvalue weighted by atomic mass is 10.2. The van der Waals surface area contributed by atoms with Gasteiger partial charge in [-0.2, -0.15) is 4.68 Å². The lowest BCUT2D eigenvalue weighted by Crippen LogP contribution is -2.25. The Labute approximate surface area is 182 Å². The number of halogens is 1. The molecule has 148 valence electrons. The summed E-state index contributed by atoms with van der Waals surface area (Å²) < 4.78 is 1.26. The zero-order valence-electron chi connectivity index (χ0n) is 15.8. The average molecular weight is 434 g/mol. The van der Waals surface area contributed by atoms with E-state index in [1.807, 2.05) is 24.3 Å². The molecule has 5 rings (SSSR count). The molecule has 0 atom stereocenters. The van der Waals surface area contributed by atoms with E-state index in [1.54, 1.807) is 36.0 Å². The molecule has 0 spiro atoms. The van der Waals surface area contributed by atoms with Gasteiger partial charge in [0.25, 0.3) is 5.91 Å². The van der Waals surface area contributed by atoms with Crippen molar-refractivity contribution in [2.75, 3.05) is 11.4 Å². The molecule has 0 unspecified atom stereocenters. The number of rotatable bonds is 4.